The summed E-state index contributed by atoms with van der Waals surface area (Å²) in [4.78, 5) is 0.0450. The number of benzene rings is 2. The highest BCUT2D eigenvalue weighted by atomic mass is 32.2. The summed E-state index contributed by atoms with van der Waals surface area (Å²) in [5.41, 5.74) is 1.68. The van der Waals surface area contributed by atoms with E-state index in [1.54, 1.807) is 0 Å². The predicted octanol–water partition coefficient (Wildman–Crippen LogP) is 0.0525. The van der Waals surface area contributed by atoms with Gasteiger partial charge in [-0.05, 0) is 18.2 Å². The first-order chi connectivity index (χ1) is 10.8. The second-order valence-electron chi connectivity index (χ2n) is 4.44. The van der Waals surface area contributed by atoms with Crippen LogP contribution in [0.1, 0.15) is 0 Å². The van der Waals surface area contributed by atoms with Crippen molar-refractivity contribution in [2.24, 2.45) is 0 Å². The number of fused-ring (bicyclic) bond motifs is 1. The molecule has 132 valence electrons. The van der Waals surface area contributed by atoms with Crippen LogP contribution in [-0.4, -0.2) is 38.9 Å². The molecule has 0 atom stereocenters. The molecule has 0 spiro atoms. The maximum atomic E-state index is 11.5. The Kier molecular flexibility index (Phi) is 4.57. The van der Waals surface area contributed by atoms with E-state index < -0.39 is 45.7 Å². The van der Waals surface area contributed by atoms with E-state index in [-0.39, 0.29) is 11.1 Å². The van der Waals surface area contributed by atoms with Crippen molar-refractivity contribution in [2.75, 3.05) is 5.43 Å². The maximum absolute atomic E-state index is 11.5. The smallest absolute Gasteiger partial charge is 0.306 e. The first-order valence-corrected chi connectivity index (χ1v) is 10.1. The minimum absolute atomic E-state index is 0.303. The van der Waals surface area contributed by atoms with Crippen molar-refractivity contribution in [1.82, 2.24) is 4.83 Å². The molecular formula is C10H10N2O9S3. The molecule has 11 nitrogen and oxygen atoms in total. The highest BCUT2D eigenvalue weighted by Crippen LogP contribution is 2.34. The standard InChI is InChI=1S/C10H10N2O9S3/c13-22(14,15)8-5-4-7(11-12-24(19,20)21)10-6(8)2-1-3-9(10)23(16,17)18/h1-5,11-12H,(H,13,14,15)(H,16,17,18)(H,19,20,21). The lowest BCUT2D eigenvalue weighted by atomic mass is 10.1. The van der Waals surface area contributed by atoms with Gasteiger partial charge in [-0.3, -0.25) is 13.7 Å². The van der Waals surface area contributed by atoms with E-state index in [2.05, 4.69) is 0 Å². The number of rotatable bonds is 5. The van der Waals surface area contributed by atoms with E-state index in [1.807, 2.05) is 5.43 Å². The van der Waals surface area contributed by atoms with Crippen LogP contribution in [0.15, 0.2) is 40.1 Å². The third-order valence-electron chi connectivity index (χ3n) is 2.83. The molecule has 5 N–H and O–H groups in total. The summed E-state index contributed by atoms with van der Waals surface area (Å²) in [5, 5.41) is -0.735. The third kappa shape index (κ3) is 3.99. The molecule has 0 amide bonds. The van der Waals surface area contributed by atoms with E-state index in [9.17, 15) is 34.4 Å². The van der Waals surface area contributed by atoms with Crippen molar-refractivity contribution in [3.05, 3.63) is 30.3 Å². The molecule has 0 bridgehead atoms. The van der Waals surface area contributed by atoms with Crippen LogP contribution in [0.4, 0.5) is 5.69 Å². The van der Waals surface area contributed by atoms with Crippen LogP contribution in [-0.2, 0) is 30.5 Å². The largest absolute Gasteiger partial charge is 0.350 e. The molecule has 0 heterocycles. The van der Waals surface area contributed by atoms with Crippen molar-refractivity contribution in [3.8, 4) is 0 Å². The molecule has 0 saturated heterocycles. The molecule has 0 aliphatic heterocycles. The summed E-state index contributed by atoms with van der Waals surface area (Å²) in [6, 6.07) is 4.98. The van der Waals surface area contributed by atoms with Crippen LogP contribution in [0.25, 0.3) is 10.8 Å². The SMILES string of the molecule is O=S(=O)(O)NNc1ccc(S(=O)(=O)O)c2cccc(S(=O)(=O)O)c12. The monoisotopic (exact) mass is 398 g/mol. The Morgan fingerprint density at radius 1 is 0.750 bits per heavy atom. The quantitative estimate of drug-likeness (QED) is 0.340. The number of hydrogen-bond acceptors (Lipinski definition) is 7. The van der Waals surface area contributed by atoms with Crippen LogP contribution in [0.5, 0.6) is 0 Å². The van der Waals surface area contributed by atoms with Gasteiger partial charge in [-0.25, -0.2) is 0 Å². The number of hydrogen-bond donors (Lipinski definition) is 5. The van der Waals surface area contributed by atoms with E-state index in [0.717, 1.165) is 30.3 Å². The Labute approximate surface area is 136 Å². The minimum Gasteiger partial charge on any atom is -0.306 e. The van der Waals surface area contributed by atoms with Crippen LogP contribution >= 0.6 is 0 Å². The average molecular weight is 398 g/mol. The summed E-state index contributed by atoms with van der Waals surface area (Å²) >= 11 is 0. The van der Waals surface area contributed by atoms with Crippen molar-refractivity contribution in [3.63, 3.8) is 0 Å². The van der Waals surface area contributed by atoms with E-state index in [4.69, 9.17) is 4.55 Å². The molecule has 2 rings (SSSR count). The molecule has 2 aromatic carbocycles. The maximum Gasteiger partial charge on any atom is 0.350 e. The number of nitrogens with one attached hydrogen (secondary N) is 2. The average Bonchev–Trinajstić information content (AvgIpc) is 2.40. The fourth-order valence-corrected chi connectivity index (χ4v) is 3.67. The van der Waals surface area contributed by atoms with Crippen molar-refractivity contribution < 1.29 is 38.9 Å². The zero-order valence-electron chi connectivity index (χ0n) is 11.4. The number of anilines is 1. The van der Waals surface area contributed by atoms with Gasteiger partial charge in [0.2, 0.25) is 0 Å². The lowest BCUT2D eigenvalue weighted by Gasteiger charge is -2.13. The van der Waals surface area contributed by atoms with Crippen LogP contribution < -0.4 is 10.3 Å². The summed E-state index contributed by atoms with van der Waals surface area (Å²) in [6.45, 7) is 0. The van der Waals surface area contributed by atoms with Gasteiger partial charge in [-0.15, -0.1) is 4.83 Å². The Hall–Kier alpha value is -1.81. The zero-order valence-corrected chi connectivity index (χ0v) is 13.9. The molecule has 0 saturated carbocycles. The Morgan fingerprint density at radius 2 is 1.33 bits per heavy atom. The fraction of sp³-hybridized carbons (Fsp3) is 0. The van der Waals surface area contributed by atoms with E-state index >= 15 is 0 Å². The van der Waals surface area contributed by atoms with E-state index in [1.165, 1.54) is 4.83 Å². The molecule has 0 aliphatic rings. The lowest BCUT2D eigenvalue weighted by Crippen LogP contribution is -2.28. The van der Waals surface area contributed by atoms with Gasteiger partial charge >= 0.3 is 10.3 Å². The van der Waals surface area contributed by atoms with Crippen molar-refractivity contribution >= 4 is 47.0 Å². The normalized spacial score (nSPS) is 13.1. The lowest BCUT2D eigenvalue weighted by molar-refractivity contribution is 0.472. The molecule has 0 fully saturated rings. The predicted molar refractivity (Wildman–Crippen MR) is 81.9 cm³/mol. The molecular weight excluding hydrogens is 388 g/mol. The molecule has 2 aromatic rings. The Bertz CT molecular complexity index is 1120. The second-order valence-corrected chi connectivity index (χ2v) is 8.38. The van der Waals surface area contributed by atoms with Gasteiger partial charge in [-0.2, -0.15) is 25.3 Å². The second kappa shape index (κ2) is 5.92. The highest BCUT2D eigenvalue weighted by molar-refractivity contribution is 7.86. The topological polar surface area (TPSA) is 187 Å². The molecule has 14 heteroatoms. The molecule has 0 aromatic heterocycles. The molecule has 0 unspecified atom stereocenters. The molecule has 24 heavy (non-hydrogen) atoms. The number of hydrazine groups is 1. The van der Waals surface area contributed by atoms with Gasteiger partial charge in [0, 0.05) is 10.8 Å². The fourth-order valence-electron chi connectivity index (χ4n) is 2.01. The van der Waals surface area contributed by atoms with Crippen LogP contribution in [0, 0.1) is 0 Å². The van der Waals surface area contributed by atoms with Crippen molar-refractivity contribution in [1.29, 1.82) is 0 Å². The first kappa shape index (κ1) is 18.5. The summed E-state index contributed by atoms with van der Waals surface area (Å²) in [5.74, 6) is 0. The summed E-state index contributed by atoms with van der Waals surface area (Å²) < 4.78 is 94.4. The van der Waals surface area contributed by atoms with Crippen LogP contribution in [0.2, 0.25) is 0 Å². The third-order valence-corrected chi connectivity index (χ3v) is 5.00. The van der Waals surface area contributed by atoms with Gasteiger partial charge in [0.15, 0.2) is 0 Å². The van der Waals surface area contributed by atoms with Gasteiger partial charge in [0.05, 0.1) is 5.69 Å². The Balaban J connectivity index is 2.90. The molecule has 0 aliphatic carbocycles. The summed E-state index contributed by atoms with van der Waals surface area (Å²) in [7, 11) is -14.3. The summed E-state index contributed by atoms with van der Waals surface area (Å²) in [6.07, 6.45) is 0. The first-order valence-electron chi connectivity index (χ1n) is 5.81. The van der Waals surface area contributed by atoms with Gasteiger partial charge < -0.3 is 5.43 Å². The molecule has 0 radical (unpaired) electrons. The Morgan fingerprint density at radius 3 is 1.83 bits per heavy atom. The van der Waals surface area contributed by atoms with Crippen LogP contribution in [0.3, 0.4) is 0 Å². The van der Waals surface area contributed by atoms with Gasteiger partial charge in [0.25, 0.3) is 20.2 Å². The zero-order chi connectivity index (χ0) is 18.3. The highest BCUT2D eigenvalue weighted by Gasteiger charge is 2.22. The van der Waals surface area contributed by atoms with Gasteiger partial charge in [0.1, 0.15) is 9.79 Å². The van der Waals surface area contributed by atoms with Crippen molar-refractivity contribution in [2.45, 2.75) is 9.79 Å². The van der Waals surface area contributed by atoms with Gasteiger partial charge in [-0.1, -0.05) is 12.1 Å². The minimum atomic E-state index is -4.82. The van der Waals surface area contributed by atoms with E-state index in [0.29, 0.717) is 0 Å².